The van der Waals surface area contributed by atoms with Gasteiger partial charge in [-0.1, -0.05) is 25.5 Å². The molecule has 1 unspecified atom stereocenters. The first-order valence-electron chi connectivity index (χ1n) is 12.7. The number of amides is 2. The Morgan fingerprint density at radius 3 is 2.82 bits per heavy atom. The molecule has 0 bridgehead atoms. The highest BCUT2D eigenvalue weighted by atomic mass is 32.1. The second kappa shape index (κ2) is 11.0. The van der Waals surface area contributed by atoms with Crippen molar-refractivity contribution in [3.8, 4) is 10.6 Å². The number of benzene rings is 1. The molecule has 6 nitrogen and oxygen atoms in total. The third kappa shape index (κ3) is 5.36. The van der Waals surface area contributed by atoms with Crippen LogP contribution in [0.15, 0.2) is 35.8 Å². The third-order valence-electron chi connectivity index (χ3n) is 7.71. The molecule has 1 N–H and O–H groups in total. The second-order valence-electron chi connectivity index (χ2n) is 10.1. The summed E-state index contributed by atoms with van der Waals surface area (Å²) in [6, 6.07) is 8.46. The van der Waals surface area contributed by atoms with Gasteiger partial charge in [-0.3, -0.25) is 9.59 Å². The normalized spacial score (nSPS) is 25.4. The Balaban J connectivity index is 1.40. The van der Waals surface area contributed by atoms with E-state index in [9.17, 15) is 9.59 Å². The highest BCUT2D eigenvalue weighted by Crippen LogP contribution is 2.36. The number of carbonyl (C=O) groups is 2. The van der Waals surface area contributed by atoms with E-state index in [1.807, 2.05) is 23.6 Å². The zero-order valence-electron chi connectivity index (χ0n) is 20.9. The van der Waals surface area contributed by atoms with Gasteiger partial charge in [0.1, 0.15) is 11.0 Å². The molecule has 4 rings (SSSR count). The zero-order valence-corrected chi connectivity index (χ0v) is 21.7. The lowest BCUT2D eigenvalue weighted by Crippen LogP contribution is -2.51. The fraction of sp³-hybridized carbons (Fsp3) is 0.593. The van der Waals surface area contributed by atoms with Crippen molar-refractivity contribution in [3.05, 3.63) is 41.4 Å². The van der Waals surface area contributed by atoms with Crippen molar-refractivity contribution in [2.75, 3.05) is 13.6 Å². The SMILES string of the molecule is CCC[C@@H]1C[C@H](N(C)C(C)C)CC[C@@H]1N1CCC(NC(=O)c2cccc(-c3nccs3)c2)C1=O. The summed E-state index contributed by atoms with van der Waals surface area (Å²) in [4.78, 5) is 35.3. The molecule has 2 amide bonds. The van der Waals surface area contributed by atoms with Gasteiger partial charge in [0.05, 0.1) is 0 Å². The van der Waals surface area contributed by atoms with E-state index in [0.29, 0.717) is 36.0 Å². The van der Waals surface area contributed by atoms with Crippen molar-refractivity contribution in [2.24, 2.45) is 5.92 Å². The Kier molecular flexibility index (Phi) is 8.04. The maximum Gasteiger partial charge on any atom is 0.251 e. The van der Waals surface area contributed by atoms with Crippen LogP contribution in [0.2, 0.25) is 0 Å². The molecule has 1 aliphatic carbocycles. The molecule has 1 saturated carbocycles. The molecule has 2 fully saturated rings. The van der Waals surface area contributed by atoms with Crippen LogP contribution in [0.3, 0.4) is 0 Å². The van der Waals surface area contributed by atoms with E-state index in [1.165, 1.54) is 0 Å². The van der Waals surface area contributed by atoms with Gasteiger partial charge in [-0.2, -0.15) is 0 Å². The maximum atomic E-state index is 13.4. The van der Waals surface area contributed by atoms with Crippen molar-refractivity contribution in [1.29, 1.82) is 0 Å². The van der Waals surface area contributed by atoms with Crippen LogP contribution in [0.5, 0.6) is 0 Å². The second-order valence-corrected chi connectivity index (χ2v) is 11.0. The standard InChI is InChI=1S/C27H38N4O2S/c1-5-7-19-17-22(30(4)18(2)3)10-11-24(19)31-14-12-23(27(31)33)29-25(32)20-8-6-9-21(16-20)26-28-13-15-34-26/h6,8-9,13,15-16,18-19,22-24H,5,7,10-12,14,17H2,1-4H3,(H,29,32)/t19-,22-,23?,24+/m1/s1. The summed E-state index contributed by atoms with van der Waals surface area (Å²) < 4.78 is 0. The monoisotopic (exact) mass is 482 g/mol. The van der Waals surface area contributed by atoms with Crippen LogP contribution in [-0.2, 0) is 4.79 Å². The molecule has 0 radical (unpaired) electrons. The summed E-state index contributed by atoms with van der Waals surface area (Å²) in [5, 5.41) is 5.83. The number of carbonyl (C=O) groups excluding carboxylic acids is 2. The Hall–Kier alpha value is -2.25. The lowest BCUT2D eigenvalue weighted by Gasteiger charge is -2.44. The summed E-state index contributed by atoms with van der Waals surface area (Å²) in [6.45, 7) is 7.48. The van der Waals surface area contributed by atoms with Crippen molar-refractivity contribution in [2.45, 2.75) is 83.5 Å². The molecule has 1 saturated heterocycles. The number of thiazole rings is 1. The number of aromatic nitrogens is 1. The highest BCUT2D eigenvalue weighted by molar-refractivity contribution is 7.13. The van der Waals surface area contributed by atoms with E-state index in [4.69, 9.17) is 0 Å². The number of rotatable bonds is 8. The van der Waals surface area contributed by atoms with Gasteiger partial charge in [-0.15, -0.1) is 11.3 Å². The van der Waals surface area contributed by atoms with Crippen molar-refractivity contribution < 1.29 is 9.59 Å². The van der Waals surface area contributed by atoms with E-state index < -0.39 is 6.04 Å². The van der Waals surface area contributed by atoms with Crippen LogP contribution in [0.25, 0.3) is 10.6 Å². The first-order valence-corrected chi connectivity index (χ1v) is 13.6. The van der Waals surface area contributed by atoms with E-state index in [0.717, 1.165) is 49.2 Å². The van der Waals surface area contributed by atoms with Gasteiger partial charge < -0.3 is 15.1 Å². The molecule has 7 heteroatoms. The topological polar surface area (TPSA) is 65.5 Å². The molecular weight excluding hydrogens is 444 g/mol. The molecule has 0 spiro atoms. The molecule has 4 atom stereocenters. The van der Waals surface area contributed by atoms with Gasteiger partial charge in [-0.25, -0.2) is 4.98 Å². The minimum Gasteiger partial charge on any atom is -0.340 e. The molecular formula is C27H38N4O2S. The fourth-order valence-electron chi connectivity index (χ4n) is 5.67. The molecule has 1 aromatic carbocycles. The van der Waals surface area contributed by atoms with Crippen molar-refractivity contribution in [3.63, 3.8) is 0 Å². The Labute approximate surface area is 207 Å². The number of hydrogen-bond donors (Lipinski definition) is 1. The van der Waals surface area contributed by atoms with Crippen molar-refractivity contribution >= 4 is 23.2 Å². The summed E-state index contributed by atoms with van der Waals surface area (Å²) >= 11 is 1.55. The van der Waals surface area contributed by atoms with Crippen LogP contribution in [0.4, 0.5) is 0 Å². The lowest BCUT2D eigenvalue weighted by atomic mass is 9.77. The number of nitrogens with zero attached hydrogens (tertiary/aromatic N) is 3. The lowest BCUT2D eigenvalue weighted by molar-refractivity contribution is -0.133. The fourth-order valence-corrected chi connectivity index (χ4v) is 6.31. The quantitative estimate of drug-likeness (QED) is 0.586. The van der Waals surface area contributed by atoms with E-state index in [1.54, 1.807) is 23.6 Å². The molecule has 2 aliphatic rings. The van der Waals surface area contributed by atoms with Gasteiger partial charge >= 0.3 is 0 Å². The van der Waals surface area contributed by atoms with Gasteiger partial charge in [-0.05, 0) is 71.0 Å². The summed E-state index contributed by atoms with van der Waals surface area (Å²) in [7, 11) is 2.23. The van der Waals surface area contributed by atoms with Crippen LogP contribution in [-0.4, -0.2) is 64.4 Å². The van der Waals surface area contributed by atoms with Crippen molar-refractivity contribution in [1.82, 2.24) is 20.1 Å². The molecule has 184 valence electrons. The average Bonchev–Trinajstić information content (AvgIpc) is 3.50. The Bertz CT molecular complexity index is 977. The first kappa shape index (κ1) is 24.9. The first-order chi connectivity index (χ1) is 16.4. The van der Waals surface area contributed by atoms with Gasteiger partial charge in [0.15, 0.2) is 0 Å². The van der Waals surface area contributed by atoms with Gasteiger partial charge in [0.2, 0.25) is 5.91 Å². The molecule has 1 aliphatic heterocycles. The Morgan fingerprint density at radius 1 is 1.29 bits per heavy atom. The van der Waals surface area contributed by atoms with Gasteiger partial charge in [0, 0.05) is 47.4 Å². The van der Waals surface area contributed by atoms with Crippen LogP contribution < -0.4 is 5.32 Å². The van der Waals surface area contributed by atoms with Gasteiger partial charge in [0.25, 0.3) is 5.91 Å². The predicted molar refractivity (Wildman–Crippen MR) is 138 cm³/mol. The maximum absolute atomic E-state index is 13.4. The Morgan fingerprint density at radius 2 is 2.12 bits per heavy atom. The number of likely N-dealkylation sites (tertiary alicyclic amines) is 1. The molecule has 2 aromatic rings. The third-order valence-corrected chi connectivity index (χ3v) is 8.54. The van der Waals surface area contributed by atoms with E-state index >= 15 is 0 Å². The minimum atomic E-state index is -0.436. The summed E-state index contributed by atoms with van der Waals surface area (Å²) in [5.74, 6) is 0.426. The largest absolute Gasteiger partial charge is 0.340 e. The predicted octanol–water partition coefficient (Wildman–Crippen LogP) is 4.82. The molecule has 2 heterocycles. The average molecular weight is 483 g/mol. The van der Waals surface area contributed by atoms with E-state index in [2.05, 4.69) is 47.9 Å². The molecule has 1 aromatic heterocycles. The van der Waals surface area contributed by atoms with Crippen LogP contribution in [0.1, 0.15) is 69.7 Å². The minimum absolute atomic E-state index is 0.0891. The van der Waals surface area contributed by atoms with Crippen LogP contribution >= 0.6 is 11.3 Å². The van der Waals surface area contributed by atoms with Crippen LogP contribution in [0, 0.1) is 5.92 Å². The summed E-state index contributed by atoms with van der Waals surface area (Å²) in [6.07, 6.45) is 8.06. The smallest absolute Gasteiger partial charge is 0.251 e. The molecule has 34 heavy (non-hydrogen) atoms. The summed E-state index contributed by atoms with van der Waals surface area (Å²) in [5.41, 5.74) is 1.49. The van der Waals surface area contributed by atoms with E-state index in [-0.39, 0.29) is 11.8 Å². The number of hydrogen-bond acceptors (Lipinski definition) is 5. The number of nitrogens with one attached hydrogen (secondary N) is 1. The highest BCUT2D eigenvalue weighted by Gasteiger charge is 2.42. The zero-order chi connectivity index (χ0) is 24.2.